The van der Waals surface area contributed by atoms with Crippen molar-refractivity contribution in [3.8, 4) is 17.5 Å². The number of ether oxygens (including phenoxy) is 2. The first-order valence-corrected chi connectivity index (χ1v) is 11.3. The number of rotatable bonds is 8. The van der Waals surface area contributed by atoms with Gasteiger partial charge in [0.25, 0.3) is 5.56 Å². The van der Waals surface area contributed by atoms with Gasteiger partial charge in [-0.25, -0.2) is 4.79 Å². The van der Waals surface area contributed by atoms with Crippen molar-refractivity contribution in [2.24, 2.45) is 7.05 Å². The van der Waals surface area contributed by atoms with E-state index in [4.69, 9.17) is 16.3 Å². The van der Waals surface area contributed by atoms with Gasteiger partial charge in [-0.3, -0.25) is 23.3 Å². The molecule has 13 heteroatoms. The molecular formula is C24H20ClF3N4O5. The predicted octanol–water partition coefficient (Wildman–Crippen LogP) is 4.27. The smallest absolute Gasteiger partial charge is 0.425 e. The van der Waals surface area contributed by atoms with Crippen LogP contribution in [0.3, 0.4) is 0 Å². The molecule has 0 aliphatic carbocycles. The number of carbonyl (C=O) groups is 1. The molecule has 0 fully saturated rings. The molecule has 0 radical (unpaired) electrons. The molecule has 0 saturated heterocycles. The van der Waals surface area contributed by atoms with Crippen LogP contribution in [-0.4, -0.2) is 30.8 Å². The van der Waals surface area contributed by atoms with E-state index in [9.17, 15) is 27.6 Å². The summed E-state index contributed by atoms with van der Waals surface area (Å²) in [6, 6.07) is 11.3. The maximum Gasteiger partial charge on any atom is 0.573 e. The van der Waals surface area contributed by atoms with E-state index >= 15 is 0 Å². The van der Waals surface area contributed by atoms with Crippen molar-refractivity contribution in [2.45, 2.75) is 32.8 Å². The van der Waals surface area contributed by atoms with E-state index in [1.165, 1.54) is 23.7 Å². The highest BCUT2D eigenvalue weighted by molar-refractivity contribution is 6.30. The maximum atomic E-state index is 13.4. The van der Waals surface area contributed by atoms with Gasteiger partial charge in [-0.15, -0.1) is 13.2 Å². The number of benzene rings is 2. The van der Waals surface area contributed by atoms with Crippen molar-refractivity contribution in [2.75, 3.05) is 0 Å². The van der Waals surface area contributed by atoms with Gasteiger partial charge >= 0.3 is 18.1 Å². The highest BCUT2D eigenvalue weighted by Crippen LogP contribution is 2.30. The lowest BCUT2D eigenvalue weighted by Gasteiger charge is -2.12. The molecule has 4 rings (SSSR count). The summed E-state index contributed by atoms with van der Waals surface area (Å²) >= 11 is 5.98. The van der Waals surface area contributed by atoms with Crippen molar-refractivity contribution in [3.63, 3.8) is 0 Å². The number of Topliss-reactive ketones (excluding diaryl/α,β-unsaturated/α-hetero) is 1. The van der Waals surface area contributed by atoms with E-state index in [1.807, 2.05) is 0 Å². The van der Waals surface area contributed by atoms with Crippen molar-refractivity contribution in [1.82, 2.24) is 18.7 Å². The molecular weight excluding hydrogens is 517 g/mol. The molecule has 0 unspecified atom stereocenters. The van der Waals surface area contributed by atoms with Crippen LogP contribution in [0.2, 0.25) is 5.02 Å². The first-order valence-electron chi connectivity index (χ1n) is 11.0. The second-order valence-corrected chi connectivity index (χ2v) is 8.47. The van der Waals surface area contributed by atoms with Gasteiger partial charge in [0.05, 0.1) is 13.1 Å². The Labute approximate surface area is 212 Å². The molecule has 0 atom stereocenters. The van der Waals surface area contributed by atoms with Crippen LogP contribution >= 0.6 is 11.6 Å². The van der Waals surface area contributed by atoms with Gasteiger partial charge in [-0.2, -0.15) is 4.98 Å². The SMILES string of the molecule is CCC(=O)Cn1c(=O)c2c(nc(Oc3cccc(OC(F)(F)F)c3)n2Cc2ccc(Cl)cc2)n(C)c1=O. The Morgan fingerprint density at radius 2 is 1.73 bits per heavy atom. The van der Waals surface area contributed by atoms with Crippen molar-refractivity contribution >= 4 is 28.5 Å². The number of nitrogens with zero attached hydrogens (tertiary/aromatic N) is 4. The van der Waals surface area contributed by atoms with Crippen LogP contribution in [0.1, 0.15) is 18.9 Å². The molecule has 4 aromatic rings. The number of alkyl halides is 3. The summed E-state index contributed by atoms with van der Waals surface area (Å²) in [5, 5.41) is 0.486. The fourth-order valence-electron chi connectivity index (χ4n) is 3.62. The second-order valence-electron chi connectivity index (χ2n) is 8.03. The van der Waals surface area contributed by atoms with E-state index in [0.717, 1.165) is 21.3 Å². The lowest BCUT2D eigenvalue weighted by Crippen LogP contribution is -2.41. The Kier molecular flexibility index (Phi) is 7.12. The van der Waals surface area contributed by atoms with Gasteiger partial charge in [0.15, 0.2) is 16.9 Å². The van der Waals surface area contributed by atoms with Crippen molar-refractivity contribution < 1.29 is 27.4 Å². The number of carbonyl (C=O) groups excluding carboxylic acids is 1. The second kappa shape index (κ2) is 10.1. The highest BCUT2D eigenvalue weighted by Gasteiger charge is 2.31. The van der Waals surface area contributed by atoms with Crippen LogP contribution in [0.5, 0.6) is 17.5 Å². The van der Waals surface area contributed by atoms with Gasteiger partial charge in [0, 0.05) is 24.6 Å². The largest absolute Gasteiger partial charge is 0.573 e. The summed E-state index contributed by atoms with van der Waals surface area (Å²) in [5.74, 6) is -0.889. The quantitative estimate of drug-likeness (QED) is 0.334. The average Bonchev–Trinajstić information content (AvgIpc) is 3.18. The van der Waals surface area contributed by atoms with Crippen LogP contribution < -0.4 is 20.7 Å². The van der Waals surface area contributed by atoms with Gasteiger partial charge in [0.2, 0.25) is 0 Å². The predicted molar refractivity (Wildman–Crippen MR) is 128 cm³/mol. The molecule has 0 aliphatic heterocycles. The van der Waals surface area contributed by atoms with Gasteiger partial charge in [0.1, 0.15) is 11.5 Å². The zero-order valence-corrected chi connectivity index (χ0v) is 20.3. The van der Waals surface area contributed by atoms with Crippen LogP contribution in [0.25, 0.3) is 11.2 Å². The minimum absolute atomic E-state index is 0.0261. The molecule has 194 valence electrons. The third-order valence-electron chi connectivity index (χ3n) is 5.43. The standard InChI is InChI=1S/C24H20ClF3N4O5/c1-3-16(33)13-32-21(34)19-20(30(2)23(32)35)29-22(31(19)12-14-7-9-15(25)10-8-14)36-17-5-4-6-18(11-17)37-24(26,27)28/h4-11H,3,12-13H2,1-2H3. The number of fused-ring (bicyclic) bond motifs is 1. The number of imidazole rings is 1. The molecule has 0 bridgehead atoms. The Morgan fingerprint density at radius 3 is 2.38 bits per heavy atom. The van der Waals surface area contributed by atoms with E-state index < -0.39 is 29.9 Å². The first kappa shape index (κ1) is 26.0. The average molecular weight is 537 g/mol. The minimum Gasteiger partial charge on any atom is -0.425 e. The number of ketones is 1. The van der Waals surface area contributed by atoms with Crippen molar-refractivity contribution in [1.29, 1.82) is 0 Å². The fourth-order valence-corrected chi connectivity index (χ4v) is 3.74. The summed E-state index contributed by atoms with van der Waals surface area (Å²) in [5.41, 5.74) is -0.874. The fraction of sp³-hybridized carbons (Fsp3) is 0.250. The molecule has 0 aliphatic rings. The number of aromatic nitrogens is 4. The summed E-state index contributed by atoms with van der Waals surface area (Å²) in [7, 11) is 1.39. The lowest BCUT2D eigenvalue weighted by molar-refractivity contribution is -0.274. The monoisotopic (exact) mass is 536 g/mol. The Balaban J connectivity index is 1.89. The summed E-state index contributed by atoms with van der Waals surface area (Å²) in [6.45, 7) is 1.23. The molecule has 0 N–H and O–H groups in total. The number of halogens is 4. The number of hydrogen-bond donors (Lipinski definition) is 0. The molecule has 2 heterocycles. The van der Waals surface area contributed by atoms with Crippen molar-refractivity contribution in [3.05, 3.63) is 80.0 Å². The third-order valence-corrected chi connectivity index (χ3v) is 5.68. The molecule has 9 nitrogen and oxygen atoms in total. The molecule has 37 heavy (non-hydrogen) atoms. The first-order chi connectivity index (χ1) is 17.5. The van der Waals surface area contributed by atoms with E-state index in [1.54, 1.807) is 31.2 Å². The Bertz CT molecular complexity index is 1590. The molecule has 0 spiro atoms. The number of hydrogen-bond acceptors (Lipinski definition) is 6. The van der Waals surface area contributed by atoms with Crippen LogP contribution in [-0.2, 0) is 24.9 Å². The third kappa shape index (κ3) is 5.69. The minimum atomic E-state index is -4.90. The van der Waals surface area contributed by atoms with E-state index in [-0.39, 0.29) is 41.7 Å². The number of aryl methyl sites for hydroxylation is 1. The maximum absolute atomic E-state index is 13.4. The summed E-state index contributed by atoms with van der Waals surface area (Å²) in [4.78, 5) is 42.6. The highest BCUT2D eigenvalue weighted by atomic mass is 35.5. The van der Waals surface area contributed by atoms with Gasteiger partial charge in [-0.1, -0.05) is 36.7 Å². The molecule has 0 saturated carbocycles. The van der Waals surface area contributed by atoms with Gasteiger partial charge in [-0.05, 0) is 29.8 Å². The van der Waals surface area contributed by atoms with E-state index in [0.29, 0.717) is 10.6 Å². The zero-order valence-electron chi connectivity index (χ0n) is 19.6. The van der Waals surface area contributed by atoms with Crippen LogP contribution in [0.15, 0.2) is 58.1 Å². The van der Waals surface area contributed by atoms with E-state index in [2.05, 4.69) is 9.72 Å². The topological polar surface area (TPSA) is 97.3 Å². The normalized spacial score (nSPS) is 11.6. The molecule has 2 aromatic heterocycles. The zero-order chi connectivity index (χ0) is 26.9. The van der Waals surface area contributed by atoms with Crippen LogP contribution in [0.4, 0.5) is 13.2 Å². The Morgan fingerprint density at radius 1 is 1.05 bits per heavy atom. The Hall–Kier alpha value is -4.06. The summed E-state index contributed by atoms with van der Waals surface area (Å²) < 4.78 is 51.0. The molecule has 0 amide bonds. The summed E-state index contributed by atoms with van der Waals surface area (Å²) in [6.07, 6.45) is -4.78. The lowest BCUT2D eigenvalue weighted by atomic mass is 10.2. The van der Waals surface area contributed by atoms with Gasteiger partial charge < -0.3 is 9.47 Å². The van der Waals surface area contributed by atoms with Crippen LogP contribution in [0, 0.1) is 0 Å². The molecule has 2 aromatic carbocycles.